The summed E-state index contributed by atoms with van der Waals surface area (Å²) >= 11 is 0. The highest BCUT2D eigenvalue weighted by Crippen LogP contribution is 2.29. The van der Waals surface area contributed by atoms with Crippen LogP contribution in [0.5, 0.6) is 11.5 Å². The molecule has 0 atom stereocenters. The molecule has 0 saturated carbocycles. The van der Waals surface area contributed by atoms with Gasteiger partial charge in [-0.25, -0.2) is 13.6 Å². The Hall–Kier alpha value is -2.58. The molecule has 2 aromatic rings. The standard InChI is InChI=1S/C19H24N2O5S/c1-3-10-26-17-9-8-15(12-18(17)25-4-2)19(22)21-16-7-5-6-14(11-16)13-27(20,23)24/h5-9,11-12H,3-4,10,13H2,1-2H3,(H,21,22)(H2,20,23,24). The van der Waals surface area contributed by atoms with Crippen LogP contribution in [-0.2, 0) is 15.8 Å². The third kappa shape index (κ3) is 6.58. The lowest BCUT2D eigenvalue weighted by molar-refractivity contribution is 0.102. The number of carbonyl (C=O) groups excluding carboxylic acids is 1. The number of hydrogen-bond acceptors (Lipinski definition) is 5. The summed E-state index contributed by atoms with van der Waals surface area (Å²) < 4.78 is 33.6. The number of nitrogens with two attached hydrogens (primary N) is 1. The number of hydrogen-bond donors (Lipinski definition) is 2. The second kappa shape index (κ2) is 9.38. The molecule has 0 heterocycles. The monoisotopic (exact) mass is 392 g/mol. The first-order valence-corrected chi connectivity index (χ1v) is 10.3. The van der Waals surface area contributed by atoms with Gasteiger partial charge in [0.15, 0.2) is 11.5 Å². The molecule has 0 radical (unpaired) electrons. The zero-order chi connectivity index (χ0) is 19.9. The van der Waals surface area contributed by atoms with E-state index in [1.165, 1.54) is 0 Å². The van der Waals surface area contributed by atoms with Gasteiger partial charge in [-0.15, -0.1) is 0 Å². The second-order valence-electron chi connectivity index (χ2n) is 5.90. The smallest absolute Gasteiger partial charge is 0.255 e. The molecular formula is C19H24N2O5S. The Labute approximate surface area is 159 Å². The van der Waals surface area contributed by atoms with Crippen LogP contribution in [0.1, 0.15) is 36.2 Å². The average Bonchev–Trinajstić information content (AvgIpc) is 2.59. The van der Waals surface area contributed by atoms with Crippen LogP contribution in [-0.4, -0.2) is 27.5 Å². The molecule has 3 N–H and O–H groups in total. The van der Waals surface area contributed by atoms with E-state index in [9.17, 15) is 13.2 Å². The number of sulfonamides is 1. The molecule has 146 valence electrons. The Morgan fingerprint density at radius 1 is 1.07 bits per heavy atom. The van der Waals surface area contributed by atoms with Gasteiger partial charge in [0, 0.05) is 11.3 Å². The van der Waals surface area contributed by atoms with Crippen molar-refractivity contribution in [3.63, 3.8) is 0 Å². The van der Waals surface area contributed by atoms with E-state index in [1.807, 2.05) is 13.8 Å². The molecule has 0 saturated heterocycles. The van der Waals surface area contributed by atoms with Crippen molar-refractivity contribution in [2.75, 3.05) is 18.5 Å². The molecular weight excluding hydrogens is 368 g/mol. The Morgan fingerprint density at radius 2 is 1.85 bits per heavy atom. The number of nitrogens with one attached hydrogen (secondary N) is 1. The van der Waals surface area contributed by atoms with Crippen LogP contribution in [0.15, 0.2) is 42.5 Å². The van der Waals surface area contributed by atoms with Crippen LogP contribution in [0.3, 0.4) is 0 Å². The highest BCUT2D eigenvalue weighted by molar-refractivity contribution is 7.88. The summed E-state index contributed by atoms with van der Waals surface area (Å²) in [5, 5.41) is 7.81. The van der Waals surface area contributed by atoms with E-state index in [4.69, 9.17) is 14.6 Å². The van der Waals surface area contributed by atoms with Crippen LogP contribution in [0.4, 0.5) is 5.69 Å². The van der Waals surface area contributed by atoms with Gasteiger partial charge in [0.05, 0.1) is 19.0 Å². The molecule has 0 aliphatic heterocycles. The van der Waals surface area contributed by atoms with Gasteiger partial charge < -0.3 is 14.8 Å². The zero-order valence-corrected chi connectivity index (χ0v) is 16.2. The molecule has 0 spiro atoms. The minimum Gasteiger partial charge on any atom is -0.490 e. The topological polar surface area (TPSA) is 108 Å². The molecule has 0 unspecified atom stereocenters. The van der Waals surface area contributed by atoms with E-state index in [0.29, 0.717) is 41.5 Å². The molecule has 27 heavy (non-hydrogen) atoms. The maximum atomic E-state index is 12.5. The summed E-state index contributed by atoms with van der Waals surface area (Å²) in [6.45, 7) is 4.87. The summed E-state index contributed by atoms with van der Waals surface area (Å²) in [6.07, 6.45) is 0.864. The summed E-state index contributed by atoms with van der Waals surface area (Å²) in [5.41, 5.74) is 1.37. The SMILES string of the molecule is CCCOc1ccc(C(=O)Nc2cccc(CS(N)(=O)=O)c2)cc1OCC. The Kier molecular flexibility index (Phi) is 7.20. The first-order chi connectivity index (χ1) is 12.8. The first-order valence-electron chi connectivity index (χ1n) is 8.62. The van der Waals surface area contributed by atoms with Crippen molar-refractivity contribution in [2.24, 2.45) is 5.14 Å². The number of rotatable bonds is 9. The summed E-state index contributed by atoms with van der Waals surface area (Å²) in [5.74, 6) is 0.451. The lowest BCUT2D eigenvalue weighted by atomic mass is 10.1. The molecule has 0 aromatic heterocycles. The minimum atomic E-state index is -3.64. The Morgan fingerprint density at radius 3 is 2.52 bits per heavy atom. The van der Waals surface area contributed by atoms with E-state index >= 15 is 0 Å². The van der Waals surface area contributed by atoms with Gasteiger partial charge in [-0.3, -0.25) is 4.79 Å². The van der Waals surface area contributed by atoms with Gasteiger partial charge in [-0.2, -0.15) is 0 Å². The minimum absolute atomic E-state index is 0.297. The van der Waals surface area contributed by atoms with E-state index in [-0.39, 0.29) is 11.7 Å². The highest BCUT2D eigenvalue weighted by Gasteiger charge is 2.13. The Bertz CT molecular complexity index is 897. The van der Waals surface area contributed by atoms with Crippen molar-refractivity contribution >= 4 is 21.6 Å². The zero-order valence-electron chi connectivity index (χ0n) is 15.4. The molecule has 7 nitrogen and oxygen atoms in total. The van der Waals surface area contributed by atoms with E-state index in [2.05, 4.69) is 5.32 Å². The number of benzene rings is 2. The van der Waals surface area contributed by atoms with Gasteiger partial charge in [0.1, 0.15) is 0 Å². The fraction of sp³-hybridized carbons (Fsp3) is 0.316. The Balaban J connectivity index is 2.18. The number of amides is 1. The highest BCUT2D eigenvalue weighted by atomic mass is 32.2. The van der Waals surface area contributed by atoms with Crippen molar-refractivity contribution in [2.45, 2.75) is 26.0 Å². The third-order valence-electron chi connectivity index (χ3n) is 3.52. The van der Waals surface area contributed by atoms with E-state index in [1.54, 1.807) is 42.5 Å². The fourth-order valence-electron chi connectivity index (χ4n) is 2.42. The molecule has 8 heteroatoms. The van der Waals surface area contributed by atoms with Crippen LogP contribution < -0.4 is 19.9 Å². The maximum absolute atomic E-state index is 12.5. The van der Waals surface area contributed by atoms with Crippen LogP contribution in [0.25, 0.3) is 0 Å². The third-order valence-corrected chi connectivity index (χ3v) is 4.26. The van der Waals surface area contributed by atoms with Crippen molar-refractivity contribution in [1.29, 1.82) is 0 Å². The van der Waals surface area contributed by atoms with Gasteiger partial charge >= 0.3 is 0 Å². The quantitative estimate of drug-likeness (QED) is 0.682. The molecule has 0 aliphatic carbocycles. The maximum Gasteiger partial charge on any atom is 0.255 e. The molecule has 2 aromatic carbocycles. The predicted octanol–water partition coefficient (Wildman–Crippen LogP) is 2.91. The molecule has 0 bridgehead atoms. The van der Waals surface area contributed by atoms with Crippen LogP contribution >= 0.6 is 0 Å². The van der Waals surface area contributed by atoms with Gasteiger partial charge in [0.2, 0.25) is 10.0 Å². The summed E-state index contributed by atoms with van der Waals surface area (Å²) in [4.78, 5) is 12.5. The molecule has 2 rings (SSSR count). The summed E-state index contributed by atoms with van der Waals surface area (Å²) in [6, 6.07) is 11.5. The predicted molar refractivity (Wildman–Crippen MR) is 105 cm³/mol. The van der Waals surface area contributed by atoms with Gasteiger partial charge in [0.25, 0.3) is 5.91 Å². The number of primary sulfonamides is 1. The van der Waals surface area contributed by atoms with Crippen molar-refractivity contribution in [1.82, 2.24) is 0 Å². The largest absolute Gasteiger partial charge is 0.490 e. The number of anilines is 1. The van der Waals surface area contributed by atoms with E-state index in [0.717, 1.165) is 6.42 Å². The number of carbonyl (C=O) groups is 1. The van der Waals surface area contributed by atoms with Gasteiger partial charge in [-0.05, 0) is 49.2 Å². The normalized spacial score (nSPS) is 11.1. The number of ether oxygens (including phenoxy) is 2. The second-order valence-corrected chi connectivity index (χ2v) is 7.52. The lowest BCUT2D eigenvalue weighted by Gasteiger charge is -2.13. The van der Waals surface area contributed by atoms with Crippen LogP contribution in [0.2, 0.25) is 0 Å². The van der Waals surface area contributed by atoms with Crippen LogP contribution in [0, 0.1) is 0 Å². The fourth-order valence-corrected chi connectivity index (χ4v) is 3.07. The van der Waals surface area contributed by atoms with E-state index < -0.39 is 10.0 Å². The van der Waals surface area contributed by atoms with Gasteiger partial charge in [-0.1, -0.05) is 19.1 Å². The first kappa shape index (κ1) is 20.7. The van der Waals surface area contributed by atoms with Crippen molar-refractivity contribution in [3.8, 4) is 11.5 Å². The molecule has 0 fully saturated rings. The lowest BCUT2D eigenvalue weighted by Crippen LogP contribution is -2.15. The molecule has 0 aliphatic rings. The summed E-state index contributed by atoms with van der Waals surface area (Å²) in [7, 11) is -3.64. The molecule has 1 amide bonds. The van der Waals surface area contributed by atoms with Crippen molar-refractivity contribution in [3.05, 3.63) is 53.6 Å². The average molecular weight is 392 g/mol. The van der Waals surface area contributed by atoms with Crippen molar-refractivity contribution < 1.29 is 22.7 Å².